The Hall–Kier alpha value is -2.24. The fourth-order valence-corrected chi connectivity index (χ4v) is 3.26. The summed E-state index contributed by atoms with van der Waals surface area (Å²) in [6.07, 6.45) is 5.00. The van der Waals surface area contributed by atoms with Crippen LogP contribution >= 0.6 is 0 Å². The number of ether oxygens (including phenoxy) is 1. The summed E-state index contributed by atoms with van der Waals surface area (Å²) in [5.41, 5.74) is 1.69. The first-order chi connectivity index (χ1) is 12.5. The molecular weight excluding hydrogens is 344 g/mol. The van der Waals surface area contributed by atoms with Crippen LogP contribution in [0.25, 0.3) is 0 Å². The lowest BCUT2D eigenvalue weighted by Crippen LogP contribution is -2.41. The van der Waals surface area contributed by atoms with Crippen molar-refractivity contribution in [3.8, 4) is 0 Å². The van der Waals surface area contributed by atoms with E-state index in [0.29, 0.717) is 31.2 Å². The lowest BCUT2D eigenvalue weighted by Gasteiger charge is -2.40. The van der Waals surface area contributed by atoms with Crippen molar-refractivity contribution in [3.05, 3.63) is 35.0 Å². The van der Waals surface area contributed by atoms with Crippen LogP contribution in [0.5, 0.6) is 0 Å². The van der Waals surface area contributed by atoms with Crippen LogP contribution in [0.1, 0.15) is 53.9 Å². The second-order valence-corrected chi connectivity index (χ2v) is 8.55. The van der Waals surface area contributed by atoms with E-state index in [4.69, 9.17) is 4.74 Å². The normalized spacial score (nSPS) is 20.1. The molecule has 1 amide bonds. The Bertz CT molecular complexity index is 697. The Kier molecular flexibility index (Phi) is 6.39. The highest BCUT2D eigenvalue weighted by molar-refractivity contribution is 5.88. The van der Waals surface area contributed by atoms with Gasteiger partial charge in [-0.2, -0.15) is 0 Å². The predicted octanol–water partition coefficient (Wildman–Crippen LogP) is 4.36. The van der Waals surface area contributed by atoms with Crippen LogP contribution in [0, 0.1) is 11.3 Å². The number of amides is 1. The summed E-state index contributed by atoms with van der Waals surface area (Å²) in [6, 6.07) is 0. The van der Waals surface area contributed by atoms with Gasteiger partial charge in [-0.05, 0) is 17.4 Å². The van der Waals surface area contributed by atoms with Gasteiger partial charge in [0.2, 0.25) is 0 Å². The highest BCUT2D eigenvalue weighted by atomic mass is 16.5. The molecule has 0 fully saturated rings. The van der Waals surface area contributed by atoms with Crippen LogP contribution in [0.2, 0.25) is 0 Å². The number of fused-ring (bicyclic) bond motifs is 1. The number of Topliss-reactive ketones (excluding diaryl/α,β-unsaturated/α-hetero) is 1. The number of hydrogen-bond acceptors (Lipinski definition) is 4. The van der Waals surface area contributed by atoms with Crippen molar-refractivity contribution in [1.82, 2.24) is 9.80 Å². The number of hydrogen-bond donors (Lipinski definition) is 1. The quantitative estimate of drug-likeness (QED) is 0.697. The van der Waals surface area contributed by atoms with Crippen LogP contribution in [0.15, 0.2) is 35.0 Å². The second kappa shape index (κ2) is 8.19. The molecule has 1 N–H and O–H groups in total. The number of carbonyl (C=O) groups is 2. The molecule has 0 aromatic heterocycles. The fraction of sp³-hybridized carbons (Fsp3) is 0.619. The zero-order valence-corrected chi connectivity index (χ0v) is 17.3. The number of carbonyl (C=O) groups excluding carboxylic acids is 1. The number of rotatable bonds is 6. The van der Waals surface area contributed by atoms with Crippen molar-refractivity contribution in [3.63, 3.8) is 0 Å². The summed E-state index contributed by atoms with van der Waals surface area (Å²) in [7, 11) is 1.54. The summed E-state index contributed by atoms with van der Waals surface area (Å²) < 4.78 is 6.12. The average molecular weight is 376 g/mol. The minimum atomic E-state index is -1.04. The number of ketones is 1. The molecular formula is C21H32N2O4. The molecule has 0 radical (unpaired) electrons. The number of allylic oxidation sites excluding steroid dienone is 2. The van der Waals surface area contributed by atoms with Gasteiger partial charge >= 0.3 is 6.09 Å². The summed E-state index contributed by atoms with van der Waals surface area (Å²) in [5, 5.41) is 9.65. The minimum Gasteiger partial charge on any atom is -0.489 e. The van der Waals surface area contributed by atoms with Gasteiger partial charge in [0.1, 0.15) is 5.78 Å². The van der Waals surface area contributed by atoms with Gasteiger partial charge in [0.25, 0.3) is 0 Å². The Morgan fingerprint density at radius 1 is 1.41 bits per heavy atom. The Balaban J connectivity index is 2.60. The van der Waals surface area contributed by atoms with Crippen LogP contribution in [0.3, 0.4) is 0 Å². The number of unbranched alkanes of at least 4 members (excludes halogenated alkanes) is 1. The van der Waals surface area contributed by atoms with E-state index >= 15 is 0 Å². The summed E-state index contributed by atoms with van der Waals surface area (Å²) in [6.45, 7) is 11.4. The van der Waals surface area contributed by atoms with Crippen molar-refractivity contribution < 1.29 is 19.4 Å². The van der Waals surface area contributed by atoms with E-state index in [-0.39, 0.29) is 17.1 Å². The lowest BCUT2D eigenvalue weighted by molar-refractivity contribution is -0.120. The third-order valence-electron chi connectivity index (χ3n) is 4.66. The van der Waals surface area contributed by atoms with Crippen molar-refractivity contribution in [2.75, 3.05) is 20.2 Å². The molecule has 2 aliphatic rings. The predicted molar refractivity (Wildman–Crippen MR) is 105 cm³/mol. The van der Waals surface area contributed by atoms with Gasteiger partial charge in [0, 0.05) is 37.7 Å². The maximum Gasteiger partial charge on any atom is 0.412 e. The van der Waals surface area contributed by atoms with E-state index in [0.717, 1.165) is 24.0 Å². The maximum absolute atomic E-state index is 12.3. The molecule has 1 unspecified atom stereocenters. The molecule has 0 spiro atoms. The molecule has 0 bridgehead atoms. The van der Waals surface area contributed by atoms with Gasteiger partial charge in [0.15, 0.2) is 11.6 Å². The summed E-state index contributed by atoms with van der Waals surface area (Å²) in [5.74, 6) is 1.05. The van der Waals surface area contributed by atoms with Gasteiger partial charge in [-0.15, -0.1) is 0 Å². The lowest BCUT2D eigenvalue weighted by atomic mass is 9.84. The highest BCUT2D eigenvalue weighted by Gasteiger charge is 2.36. The Morgan fingerprint density at radius 3 is 2.63 bits per heavy atom. The third-order valence-corrected chi connectivity index (χ3v) is 4.66. The zero-order chi connectivity index (χ0) is 20.4. The maximum atomic E-state index is 12.3. The molecule has 1 atom stereocenters. The average Bonchev–Trinajstić information content (AvgIpc) is 2.54. The van der Waals surface area contributed by atoms with E-state index < -0.39 is 6.09 Å². The Labute approximate surface area is 162 Å². The first-order valence-electron chi connectivity index (χ1n) is 9.61. The van der Waals surface area contributed by atoms with Crippen LogP contribution in [0.4, 0.5) is 4.79 Å². The second-order valence-electron chi connectivity index (χ2n) is 8.55. The van der Waals surface area contributed by atoms with E-state index in [2.05, 4.69) is 27.7 Å². The van der Waals surface area contributed by atoms with E-state index in [1.165, 1.54) is 11.9 Å². The standard InChI is InChI=1S/C21H32N2O4/c1-7-8-9-27-18-16-10-14(2)17(24)11-15(16)12-23(13-21(3,4)5)19(18)22(6)20(25)26/h10,12,14H,7-9,11,13H2,1-6H3,(H,25,26). The van der Waals surface area contributed by atoms with Crippen molar-refractivity contribution in [1.29, 1.82) is 0 Å². The first kappa shape index (κ1) is 21.1. The molecule has 1 aliphatic carbocycles. The molecule has 150 valence electrons. The van der Waals surface area contributed by atoms with Gasteiger partial charge in [-0.25, -0.2) is 4.79 Å². The number of nitrogens with zero attached hydrogens (tertiary/aromatic N) is 2. The molecule has 0 aromatic rings. The fourth-order valence-electron chi connectivity index (χ4n) is 3.26. The van der Waals surface area contributed by atoms with E-state index in [1.54, 1.807) is 0 Å². The Morgan fingerprint density at radius 2 is 2.07 bits per heavy atom. The molecule has 6 heteroatoms. The highest BCUT2D eigenvalue weighted by Crippen LogP contribution is 2.39. The minimum absolute atomic E-state index is 0.0661. The van der Waals surface area contributed by atoms with Crippen LogP contribution in [-0.4, -0.2) is 47.0 Å². The topological polar surface area (TPSA) is 70.1 Å². The van der Waals surface area contributed by atoms with Gasteiger partial charge in [0.05, 0.1) is 6.61 Å². The van der Waals surface area contributed by atoms with E-state index in [1.807, 2.05) is 24.1 Å². The molecule has 1 aliphatic heterocycles. The molecule has 27 heavy (non-hydrogen) atoms. The SMILES string of the molecule is CCCCOC1=C(N(C)C(=O)O)N(CC(C)(C)C)C=C2CC(=O)C(C)C=C21. The summed E-state index contributed by atoms with van der Waals surface area (Å²) >= 11 is 0. The van der Waals surface area contributed by atoms with Gasteiger partial charge < -0.3 is 14.7 Å². The zero-order valence-electron chi connectivity index (χ0n) is 17.3. The van der Waals surface area contributed by atoms with Crippen molar-refractivity contribution in [2.24, 2.45) is 11.3 Å². The van der Waals surface area contributed by atoms with Crippen LogP contribution < -0.4 is 0 Å². The summed E-state index contributed by atoms with van der Waals surface area (Å²) in [4.78, 5) is 27.2. The molecule has 2 rings (SSSR count). The number of carboxylic acid groups (broad SMARTS) is 1. The monoisotopic (exact) mass is 376 g/mol. The van der Waals surface area contributed by atoms with Crippen LogP contribution in [-0.2, 0) is 9.53 Å². The van der Waals surface area contributed by atoms with Gasteiger partial charge in [-0.1, -0.05) is 47.1 Å². The molecule has 0 aromatic carbocycles. The van der Waals surface area contributed by atoms with Crippen molar-refractivity contribution in [2.45, 2.75) is 53.9 Å². The van der Waals surface area contributed by atoms with E-state index in [9.17, 15) is 14.7 Å². The van der Waals surface area contributed by atoms with Gasteiger partial charge in [-0.3, -0.25) is 9.69 Å². The molecule has 1 heterocycles. The smallest absolute Gasteiger partial charge is 0.412 e. The molecule has 0 saturated carbocycles. The third kappa shape index (κ3) is 4.93. The first-order valence-corrected chi connectivity index (χ1v) is 9.61. The molecule has 6 nitrogen and oxygen atoms in total. The molecule has 0 saturated heterocycles. The largest absolute Gasteiger partial charge is 0.489 e. The van der Waals surface area contributed by atoms with Crippen molar-refractivity contribution >= 4 is 11.9 Å².